The highest BCUT2D eigenvalue weighted by Gasteiger charge is 2.31. The average molecular weight is 572 g/mol. The zero-order valence-corrected chi connectivity index (χ0v) is 23.7. The minimum absolute atomic E-state index is 0.0954. The van der Waals surface area contributed by atoms with Crippen molar-refractivity contribution in [3.8, 4) is 0 Å². The Hall–Kier alpha value is -4.42. The lowest BCUT2D eigenvalue weighted by Crippen LogP contribution is -2.53. The number of amides is 4. The number of guanidine groups is 1. The summed E-state index contributed by atoms with van der Waals surface area (Å²) in [5, 5.41) is 19.9. The van der Waals surface area contributed by atoms with Crippen LogP contribution in [0.5, 0.6) is 0 Å². The summed E-state index contributed by atoms with van der Waals surface area (Å²) in [4.78, 5) is 67.8. The highest BCUT2D eigenvalue weighted by molar-refractivity contribution is 5.94. The molecule has 1 aromatic carbocycles. The van der Waals surface area contributed by atoms with Crippen molar-refractivity contribution >= 4 is 35.6 Å². The summed E-state index contributed by atoms with van der Waals surface area (Å²) in [6, 6.07) is 6.36. The number of hydrogen-bond acceptors (Lipinski definition) is 6. The van der Waals surface area contributed by atoms with Crippen molar-refractivity contribution in [3.63, 3.8) is 0 Å². The molecule has 2 rings (SSSR count). The Morgan fingerprint density at radius 3 is 2.29 bits per heavy atom. The van der Waals surface area contributed by atoms with Crippen LogP contribution in [0.15, 0.2) is 47.0 Å². The van der Waals surface area contributed by atoms with Gasteiger partial charge in [-0.05, 0) is 37.7 Å². The van der Waals surface area contributed by atoms with Crippen molar-refractivity contribution in [2.45, 2.75) is 64.6 Å². The molecule has 0 spiro atoms. The van der Waals surface area contributed by atoms with E-state index in [9.17, 15) is 29.1 Å². The number of carbonyl (C=O) groups excluding carboxylic acids is 4. The van der Waals surface area contributed by atoms with Crippen LogP contribution < -0.4 is 32.7 Å². The third-order valence-corrected chi connectivity index (χ3v) is 6.56. The van der Waals surface area contributed by atoms with Gasteiger partial charge in [0.15, 0.2) is 5.96 Å². The van der Waals surface area contributed by atoms with Crippen LogP contribution in [-0.2, 0) is 30.4 Å². The minimum atomic E-state index is -1.38. The number of carboxylic acid groups (broad SMARTS) is 1. The zero-order chi connectivity index (χ0) is 30.5. The molecule has 41 heavy (non-hydrogen) atoms. The standard InChI is InChI=1S/C28H41N7O6/c1-16(2)24-17(3)12-19(13-18-8-5-4-6-9-18)33-26(40)21(14-23(37)38)34-22(36)15-32-25(39)20(35-27(24)41)10-7-11-31-28(29)30/h4-6,8-9,12,16,19-21,24H,7,10-11,13-15H2,1-3H3,(H,32,39)(H,33,40)(H,34,36)(H,35,41)(H,37,38)(H4,29,30,31)/b17-12+/t19-,20-,21-,24+/m0/s1. The largest absolute Gasteiger partial charge is 0.481 e. The number of benzene rings is 1. The van der Waals surface area contributed by atoms with E-state index in [-0.39, 0.29) is 30.8 Å². The summed E-state index contributed by atoms with van der Waals surface area (Å²) in [5.74, 6) is -4.64. The molecule has 224 valence electrons. The first-order chi connectivity index (χ1) is 19.4. The van der Waals surface area contributed by atoms with Gasteiger partial charge in [0, 0.05) is 6.54 Å². The van der Waals surface area contributed by atoms with Gasteiger partial charge < -0.3 is 37.8 Å². The van der Waals surface area contributed by atoms with Crippen LogP contribution in [0.3, 0.4) is 0 Å². The third-order valence-electron chi connectivity index (χ3n) is 6.56. The summed E-state index contributed by atoms with van der Waals surface area (Å²) in [6.45, 7) is 5.23. The molecule has 0 fully saturated rings. The monoisotopic (exact) mass is 571 g/mol. The van der Waals surface area contributed by atoms with Crippen LogP contribution in [0.4, 0.5) is 0 Å². The lowest BCUT2D eigenvalue weighted by atomic mass is 9.86. The number of aliphatic carboxylic acids is 1. The second-order valence-electron chi connectivity index (χ2n) is 10.4. The Kier molecular flexibility index (Phi) is 12.8. The molecule has 0 saturated heterocycles. The van der Waals surface area contributed by atoms with Crippen LogP contribution in [-0.4, -0.2) is 71.9 Å². The van der Waals surface area contributed by atoms with Crippen molar-refractivity contribution in [1.29, 1.82) is 0 Å². The van der Waals surface area contributed by atoms with Crippen LogP contribution in [0.25, 0.3) is 0 Å². The van der Waals surface area contributed by atoms with Crippen LogP contribution in [0, 0.1) is 11.8 Å². The highest BCUT2D eigenvalue weighted by Crippen LogP contribution is 2.22. The van der Waals surface area contributed by atoms with E-state index in [0.29, 0.717) is 18.4 Å². The predicted molar refractivity (Wildman–Crippen MR) is 153 cm³/mol. The van der Waals surface area contributed by atoms with Crippen molar-refractivity contribution < 1.29 is 29.1 Å². The van der Waals surface area contributed by atoms with Crippen LogP contribution in [0.2, 0.25) is 0 Å². The topological polar surface area (TPSA) is 218 Å². The number of carboxylic acids is 1. The Balaban J connectivity index is 2.49. The number of nitrogens with one attached hydrogen (secondary N) is 4. The Labute approximate surface area is 239 Å². The molecule has 9 N–H and O–H groups in total. The molecule has 1 heterocycles. The molecule has 1 aliphatic heterocycles. The maximum Gasteiger partial charge on any atom is 0.305 e. The summed E-state index contributed by atoms with van der Waals surface area (Å²) >= 11 is 0. The van der Waals surface area contributed by atoms with E-state index in [4.69, 9.17) is 11.5 Å². The smallest absolute Gasteiger partial charge is 0.305 e. The van der Waals surface area contributed by atoms with E-state index in [0.717, 1.165) is 5.56 Å². The summed E-state index contributed by atoms with van der Waals surface area (Å²) < 4.78 is 0. The fourth-order valence-corrected chi connectivity index (χ4v) is 4.71. The summed E-state index contributed by atoms with van der Waals surface area (Å²) in [6.07, 6.45) is 2.04. The van der Waals surface area contributed by atoms with Gasteiger partial charge in [0.1, 0.15) is 12.1 Å². The molecule has 0 aromatic heterocycles. The first-order valence-corrected chi connectivity index (χ1v) is 13.5. The first-order valence-electron chi connectivity index (χ1n) is 13.5. The highest BCUT2D eigenvalue weighted by atomic mass is 16.4. The molecule has 0 unspecified atom stereocenters. The van der Waals surface area contributed by atoms with E-state index in [1.807, 2.05) is 44.2 Å². The second kappa shape index (κ2) is 16.0. The SMILES string of the molecule is C/C1=C\[C@@H](Cc2ccccc2)NC(=O)[C@H](CC(=O)O)NC(=O)CNC(=O)[C@H](CCCN=C(N)N)NC(=O)[C@@H]1C(C)C. The van der Waals surface area contributed by atoms with Gasteiger partial charge in [-0.1, -0.05) is 55.8 Å². The van der Waals surface area contributed by atoms with Crippen molar-refractivity contribution in [1.82, 2.24) is 21.3 Å². The van der Waals surface area contributed by atoms with E-state index in [1.165, 1.54) is 0 Å². The molecular weight excluding hydrogens is 530 g/mol. The fraction of sp³-hybridized carbons (Fsp3) is 0.500. The van der Waals surface area contributed by atoms with Gasteiger partial charge in [-0.15, -0.1) is 0 Å². The Bertz CT molecular complexity index is 1150. The van der Waals surface area contributed by atoms with Gasteiger partial charge in [-0.2, -0.15) is 0 Å². The van der Waals surface area contributed by atoms with Crippen LogP contribution in [0.1, 0.15) is 45.6 Å². The Morgan fingerprint density at radius 2 is 1.68 bits per heavy atom. The first kappa shape index (κ1) is 32.8. The van der Waals surface area contributed by atoms with Gasteiger partial charge in [-0.3, -0.25) is 29.0 Å². The average Bonchev–Trinajstić information content (AvgIpc) is 2.88. The zero-order valence-electron chi connectivity index (χ0n) is 23.7. The lowest BCUT2D eigenvalue weighted by Gasteiger charge is -2.26. The molecule has 1 aliphatic rings. The molecule has 13 heteroatoms. The van der Waals surface area contributed by atoms with Crippen LogP contribution >= 0.6 is 0 Å². The molecule has 0 aliphatic carbocycles. The lowest BCUT2D eigenvalue weighted by molar-refractivity contribution is -0.140. The molecule has 4 atom stereocenters. The minimum Gasteiger partial charge on any atom is -0.481 e. The molecule has 0 bridgehead atoms. The quantitative estimate of drug-likeness (QED) is 0.0889. The predicted octanol–water partition coefficient (Wildman–Crippen LogP) is -0.440. The normalized spacial score (nSPS) is 24.0. The number of aliphatic imine (C=N–C) groups is 1. The van der Waals surface area contributed by atoms with Gasteiger partial charge in [-0.25, -0.2) is 0 Å². The molecule has 1 aromatic rings. The number of nitrogens with zero attached hydrogens (tertiary/aromatic N) is 1. The van der Waals surface area contributed by atoms with Gasteiger partial charge in [0.25, 0.3) is 0 Å². The number of rotatable bonds is 9. The van der Waals surface area contributed by atoms with E-state index in [1.54, 1.807) is 13.0 Å². The maximum atomic E-state index is 13.5. The van der Waals surface area contributed by atoms with E-state index < -0.39 is 60.7 Å². The van der Waals surface area contributed by atoms with Crippen molar-refractivity contribution in [2.75, 3.05) is 13.1 Å². The third kappa shape index (κ3) is 11.3. The fourth-order valence-electron chi connectivity index (χ4n) is 4.71. The van der Waals surface area contributed by atoms with E-state index in [2.05, 4.69) is 26.3 Å². The number of hydrogen-bond donors (Lipinski definition) is 7. The summed E-state index contributed by atoms with van der Waals surface area (Å²) in [5.41, 5.74) is 12.3. The molecule has 0 saturated carbocycles. The van der Waals surface area contributed by atoms with Crippen molar-refractivity contribution in [2.24, 2.45) is 28.3 Å². The molecular formula is C28H41N7O6. The van der Waals surface area contributed by atoms with E-state index >= 15 is 0 Å². The molecule has 0 radical (unpaired) electrons. The summed E-state index contributed by atoms with van der Waals surface area (Å²) in [7, 11) is 0. The number of nitrogens with two attached hydrogens (primary N) is 2. The second-order valence-corrected chi connectivity index (χ2v) is 10.4. The molecule has 4 amide bonds. The maximum absolute atomic E-state index is 13.5. The molecule has 13 nitrogen and oxygen atoms in total. The van der Waals surface area contributed by atoms with Gasteiger partial charge >= 0.3 is 5.97 Å². The van der Waals surface area contributed by atoms with Gasteiger partial charge in [0.05, 0.1) is 24.9 Å². The van der Waals surface area contributed by atoms with Crippen molar-refractivity contribution in [3.05, 3.63) is 47.5 Å². The number of carbonyl (C=O) groups is 5. The Morgan fingerprint density at radius 1 is 1.00 bits per heavy atom. The van der Waals surface area contributed by atoms with Gasteiger partial charge in [0.2, 0.25) is 23.6 Å².